The van der Waals surface area contributed by atoms with Gasteiger partial charge in [0.15, 0.2) is 0 Å². The van der Waals surface area contributed by atoms with Crippen LogP contribution in [0.4, 0.5) is 10.3 Å². The predicted molar refractivity (Wildman–Crippen MR) is 90.5 cm³/mol. The smallest absolute Gasteiger partial charge is 0.254 e. The van der Waals surface area contributed by atoms with Crippen molar-refractivity contribution in [3.8, 4) is 0 Å². The van der Waals surface area contributed by atoms with Gasteiger partial charge < -0.3 is 15.1 Å². The second-order valence-corrected chi connectivity index (χ2v) is 5.36. The predicted octanol–water partition coefficient (Wildman–Crippen LogP) is 2.79. The summed E-state index contributed by atoms with van der Waals surface area (Å²) in [4.78, 5) is 20.3. The third-order valence-electron chi connectivity index (χ3n) is 3.53. The highest BCUT2D eigenvalue weighted by Gasteiger charge is 2.07. The van der Waals surface area contributed by atoms with E-state index in [1.54, 1.807) is 24.5 Å². The number of rotatable bonds is 7. The van der Waals surface area contributed by atoms with Gasteiger partial charge in [-0.2, -0.15) is 0 Å². The lowest BCUT2D eigenvalue weighted by molar-refractivity contribution is 0.0953. The van der Waals surface area contributed by atoms with Crippen LogP contribution in [0.25, 0.3) is 0 Å². The molecule has 128 valence electrons. The van der Waals surface area contributed by atoms with Crippen LogP contribution in [0, 0.1) is 5.82 Å². The third kappa shape index (κ3) is 4.87. The summed E-state index contributed by atoms with van der Waals surface area (Å²) in [5.41, 5.74) is 1.33. The molecule has 2 aromatic heterocycles. The molecule has 0 atom stereocenters. The Kier molecular flexibility index (Phi) is 5.36. The molecule has 0 saturated carbocycles. The van der Waals surface area contributed by atoms with E-state index < -0.39 is 0 Å². The van der Waals surface area contributed by atoms with E-state index in [9.17, 15) is 9.18 Å². The highest BCUT2D eigenvalue weighted by Crippen LogP contribution is 2.06. The number of nitrogens with one attached hydrogen (secondary N) is 2. The van der Waals surface area contributed by atoms with E-state index in [-0.39, 0.29) is 11.7 Å². The van der Waals surface area contributed by atoms with Crippen molar-refractivity contribution < 1.29 is 13.6 Å². The van der Waals surface area contributed by atoms with Crippen LogP contribution in [0.5, 0.6) is 0 Å². The van der Waals surface area contributed by atoms with Crippen molar-refractivity contribution in [3.05, 3.63) is 77.8 Å². The minimum Gasteiger partial charge on any atom is -0.467 e. The average molecular weight is 340 g/mol. The topological polar surface area (TPSA) is 80.0 Å². The maximum absolute atomic E-state index is 12.8. The van der Waals surface area contributed by atoms with Gasteiger partial charge in [0.2, 0.25) is 5.95 Å². The van der Waals surface area contributed by atoms with E-state index in [1.807, 2.05) is 6.07 Å². The van der Waals surface area contributed by atoms with Crippen LogP contribution < -0.4 is 10.6 Å². The second-order valence-electron chi connectivity index (χ2n) is 5.36. The molecule has 3 aromatic rings. The van der Waals surface area contributed by atoms with Crippen LogP contribution in [0.15, 0.2) is 59.5 Å². The molecular formula is C18H17FN4O2. The maximum Gasteiger partial charge on any atom is 0.254 e. The molecule has 0 radical (unpaired) electrons. The zero-order valence-electron chi connectivity index (χ0n) is 13.4. The van der Waals surface area contributed by atoms with Crippen molar-refractivity contribution in [1.29, 1.82) is 0 Å². The summed E-state index contributed by atoms with van der Waals surface area (Å²) in [6.45, 7) is 0.916. The minimum absolute atomic E-state index is 0.250. The number of benzene rings is 1. The zero-order valence-corrected chi connectivity index (χ0v) is 13.4. The fourth-order valence-electron chi connectivity index (χ4n) is 2.19. The molecule has 0 aliphatic rings. The fraction of sp³-hybridized carbons (Fsp3) is 0.167. The van der Waals surface area contributed by atoms with E-state index in [4.69, 9.17) is 4.42 Å². The Balaban J connectivity index is 1.46. The molecule has 0 spiro atoms. The summed E-state index contributed by atoms with van der Waals surface area (Å²) < 4.78 is 18.0. The van der Waals surface area contributed by atoms with Crippen LogP contribution in [0.2, 0.25) is 0 Å². The summed E-state index contributed by atoms with van der Waals surface area (Å²) in [6, 6.07) is 9.85. The van der Waals surface area contributed by atoms with Gasteiger partial charge in [-0.3, -0.25) is 4.79 Å². The van der Waals surface area contributed by atoms with Gasteiger partial charge in [0.25, 0.3) is 5.91 Å². The number of carbonyl (C=O) groups is 1. The number of aromatic nitrogens is 2. The largest absolute Gasteiger partial charge is 0.467 e. The van der Waals surface area contributed by atoms with E-state index in [0.29, 0.717) is 31.0 Å². The van der Waals surface area contributed by atoms with Crippen LogP contribution in [0.3, 0.4) is 0 Å². The monoisotopic (exact) mass is 340 g/mol. The molecule has 0 bridgehead atoms. The summed E-state index contributed by atoms with van der Waals surface area (Å²) in [7, 11) is 0. The molecule has 6 nitrogen and oxygen atoms in total. The molecule has 2 heterocycles. The lowest BCUT2D eigenvalue weighted by Gasteiger charge is -2.06. The number of hydrogen-bond acceptors (Lipinski definition) is 5. The minimum atomic E-state index is -0.273. The van der Waals surface area contributed by atoms with Gasteiger partial charge in [-0.1, -0.05) is 12.1 Å². The molecule has 25 heavy (non-hydrogen) atoms. The number of furan rings is 1. The van der Waals surface area contributed by atoms with Crippen LogP contribution in [0.1, 0.15) is 21.7 Å². The van der Waals surface area contributed by atoms with Gasteiger partial charge in [0.1, 0.15) is 11.6 Å². The molecule has 0 unspecified atom stereocenters. The van der Waals surface area contributed by atoms with Crippen molar-refractivity contribution in [3.63, 3.8) is 0 Å². The number of hydrogen-bond donors (Lipinski definition) is 2. The molecule has 1 aromatic carbocycles. The maximum atomic E-state index is 12.8. The van der Waals surface area contributed by atoms with Crippen LogP contribution >= 0.6 is 0 Å². The third-order valence-corrected chi connectivity index (χ3v) is 3.53. The Hall–Kier alpha value is -3.22. The Labute approximate surface area is 144 Å². The standard InChI is InChI=1S/C18H17FN4O2/c19-15-5-3-13(4-6-15)7-8-20-17(24)14-10-21-18(22-11-14)23-12-16-2-1-9-25-16/h1-6,9-11H,7-8,12H2,(H,20,24)(H,21,22,23). The number of amides is 1. The van der Waals surface area contributed by atoms with E-state index >= 15 is 0 Å². The van der Waals surface area contributed by atoms with Gasteiger partial charge in [0, 0.05) is 18.9 Å². The lowest BCUT2D eigenvalue weighted by atomic mass is 10.1. The van der Waals surface area contributed by atoms with Gasteiger partial charge >= 0.3 is 0 Å². The van der Waals surface area contributed by atoms with E-state index in [2.05, 4.69) is 20.6 Å². The average Bonchev–Trinajstić information content (AvgIpc) is 3.15. The first-order valence-electron chi connectivity index (χ1n) is 7.81. The normalized spacial score (nSPS) is 10.4. The summed E-state index contributed by atoms with van der Waals surface area (Å²) in [5, 5.41) is 5.79. The van der Waals surface area contributed by atoms with E-state index in [1.165, 1.54) is 24.5 Å². The highest BCUT2D eigenvalue weighted by molar-refractivity contribution is 5.93. The Morgan fingerprint density at radius 1 is 1.12 bits per heavy atom. The molecule has 1 amide bonds. The summed E-state index contributed by atoms with van der Waals surface area (Å²) in [6.07, 6.45) is 5.14. The van der Waals surface area contributed by atoms with Crippen LogP contribution in [-0.4, -0.2) is 22.4 Å². The van der Waals surface area contributed by atoms with Gasteiger partial charge in [-0.25, -0.2) is 14.4 Å². The summed E-state index contributed by atoms with van der Waals surface area (Å²) in [5.74, 6) is 0.663. The van der Waals surface area contributed by atoms with Crippen molar-refractivity contribution in [1.82, 2.24) is 15.3 Å². The van der Waals surface area contributed by atoms with Crippen molar-refractivity contribution in [2.75, 3.05) is 11.9 Å². The van der Waals surface area contributed by atoms with Crippen molar-refractivity contribution in [2.24, 2.45) is 0 Å². The molecule has 0 fully saturated rings. The van der Waals surface area contributed by atoms with Gasteiger partial charge in [-0.15, -0.1) is 0 Å². The molecule has 2 N–H and O–H groups in total. The van der Waals surface area contributed by atoms with Crippen LogP contribution in [-0.2, 0) is 13.0 Å². The molecule has 0 saturated heterocycles. The number of halogens is 1. The Bertz CT molecular complexity index is 802. The molecule has 3 rings (SSSR count). The number of anilines is 1. The first-order chi connectivity index (χ1) is 12.2. The van der Waals surface area contributed by atoms with Gasteiger partial charge in [-0.05, 0) is 36.2 Å². The summed E-state index contributed by atoms with van der Waals surface area (Å²) >= 11 is 0. The second kappa shape index (κ2) is 8.05. The quantitative estimate of drug-likeness (QED) is 0.691. The SMILES string of the molecule is O=C(NCCc1ccc(F)cc1)c1cnc(NCc2ccco2)nc1. The molecule has 0 aliphatic carbocycles. The first kappa shape index (κ1) is 16.6. The van der Waals surface area contributed by atoms with E-state index in [0.717, 1.165) is 11.3 Å². The highest BCUT2D eigenvalue weighted by atomic mass is 19.1. The molecule has 7 heteroatoms. The lowest BCUT2D eigenvalue weighted by Crippen LogP contribution is -2.26. The number of nitrogens with zero attached hydrogens (tertiary/aromatic N) is 2. The molecular weight excluding hydrogens is 323 g/mol. The van der Waals surface area contributed by atoms with Gasteiger partial charge in [0.05, 0.1) is 18.4 Å². The fourth-order valence-corrected chi connectivity index (χ4v) is 2.19. The number of carbonyl (C=O) groups excluding carboxylic acids is 1. The Morgan fingerprint density at radius 3 is 2.56 bits per heavy atom. The molecule has 0 aliphatic heterocycles. The van der Waals surface area contributed by atoms with Crippen molar-refractivity contribution in [2.45, 2.75) is 13.0 Å². The first-order valence-corrected chi connectivity index (χ1v) is 7.81. The van der Waals surface area contributed by atoms with Crippen molar-refractivity contribution >= 4 is 11.9 Å². The zero-order chi connectivity index (χ0) is 17.5. The Morgan fingerprint density at radius 2 is 1.88 bits per heavy atom.